The highest BCUT2D eigenvalue weighted by atomic mass is 35.5. The number of hydrogen-bond donors (Lipinski definition) is 0. The number of nitrogens with zero attached hydrogens (tertiary/aromatic N) is 1. The van der Waals surface area contributed by atoms with Crippen molar-refractivity contribution in [1.82, 2.24) is 0 Å². The predicted octanol–water partition coefficient (Wildman–Crippen LogP) is 2.85. The molecule has 3 heteroatoms. The lowest BCUT2D eigenvalue weighted by Crippen LogP contribution is -1.99. The van der Waals surface area contributed by atoms with E-state index in [-0.39, 0.29) is 0 Å². The van der Waals surface area contributed by atoms with E-state index in [1.165, 1.54) is 5.57 Å². The minimum Gasteiger partial charge on any atom is -0.481 e. The van der Waals surface area contributed by atoms with Crippen molar-refractivity contribution in [3.8, 4) is 0 Å². The molecular formula is C9H12ClNO. The van der Waals surface area contributed by atoms with E-state index in [1.807, 2.05) is 12.2 Å². The van der Waals surface area contributed by atoms with Crippen LogP contribution in [-0.2, 0) is 4.74 Å². The first-order valence-corrected chi connectivity index (χ1v) is 4.25. The van der Waals surface area contributed by atoms with Gasteiger partial charge in [0, 0.05) is 0 Å². The topological polar surface area (TPSA) is 21.6 Å². The second-order valence-electron chi connectivity index (χ2n) is 2.71. The van der Waals surface area contributed by atoms with Gasteiger partial charge in [-0.2, -0.15) is 0 Å². The summed E-state index contributed by atoms with van der Waals surface area (Å²) in [5, 5.41) is 0.510. The van der Waals surface area contributed by atoms with Crippen LogP contribution < -0.4 is 0 Å². The summed E-state index contributed by atoms with van der Waals surface area (Å²) in [6.45, 7) is 2.06. The zero-order valence-corrected chi connectivity index (χ0v) is 8.06. The fraction of sp³-hybridized carbons (Fsp3) is 0.444. The van der Waals surface area contributed by atoms with Gasteiger partial charge >= 0.3 is 0 Å². The zero-order valence-electron chi connectivity index (χ0n) is 7.30. The molecule has 12 heavy (non-hydrogen) atoms. The monoisotopic (exact) mass is 185 g/mol. The molecule has 2 nitrogen and oxygen atoms in total. The summed E-state index contributed by atoms with van der Waals surface area (Å²) >= 11 is 5.78. The lowest BCUT2D eigenvalue weighted by atomic mass is 10.1. The van der Waals surface area contributed by atoms with Crippen molar-refractivity contribution < 1.29 is 4.74 Å². The molecule has 1 heterocycles. The van der Waals surface area contributed by atoms with Crippen LogP contribution in [0, 0.1) is 0 Å². The Morgan fingerprint density at radius 3 is 3.00 bits per heavy atom. The van der Waals surface area contributed by atoms with E-state index in [9.17, 15) is 0 Å². The lowest BCUT2D eigenvalue weighted by Gasteiger charge is -2.05. The second kappa shape index (κ2) is 4.31. The van der Waals surface area contributed by atoms with Gasteiger partial charge < -0.3 is 4.74 Å². The Hall–Kier alpha value is -0.760. The Labute approximate surface area is 77.6 Å². The first kappa shape index (κ1) is 9.33. The normalized spacial score (nSPS) is 18.4. The molecule has 0 atom stereocenters. The van der Waals surface area contributed by atoms with Crippen LogP contribution in [0.2, 0.25) is 0 Å². The molecule has 1 aliphatic rings. The third kappa shape index (κ3) is 2.70. The van der Waals surface area contributed by atoms with Crippen LogP contribution in [0.25, 0.3) is 0 Å². The molecule has 0 fully saturated rings. The van der Waals surface area contributed by atoms with Crippen molar-refractivity contribution in [1.29, 1.82) is 0 Å². The summed E-state index contributed by atoms with van der Waals surface area (Å²) in [6, 6.07) is 0. The molecule has 1 aliphatic heterocycles. The van der Waals surface area contributed by atoms with Crippen LogP contribution in [-0.4, -0.2) is 13.0 Å². The third-order valence-electron chi connectivity index (χ3n) is 1.65. The van der Waals surface area contributed by atoms with Gasteiger partial charge in [0.1, 0.15) is 5.16 Å². The number of allylic oxidation sites excluding steroid dienone is 2. The molecule has 0 radical (unpaired) electrons. The molecule has 0 aromatic heterocycles. The number of hydrogen-bond acceptors (Lipinski definition) is 2. The predicted molar refractivity (Wildman–Crippen MR) is 51.4 cm³/mol. The van der Waals surface area contributed by atoms with Crippen LogP contribution in [0.3, 0.4) is 0 Å². The Bertz CT molecular complexity index is 253. The van der Waals surface area contributed by atoms with E-state index in [2.05, 4.69) is 11.9 Å². The van der Waals surface area contributed by atoms with Gasteiger partial charge in [0.25, 0.3) is 0 Å². The highest BCUT2D eigenvalue weighted by molar-refractivity contribution is 6.30. The molecule has 0 aliphatic carbocycles. The molecule has 0 saturated carbocycles. The fourth-order valence-corrected chi connectivity index (χ4v) is 1.18. The number of halogens is 1. The van der Waals surface area contributed by atoms with E-state index in [0.29, 0.717) is 11.1 Å². The number of rotatable bonds is 0. The average Bonchev–Trinajstić information content (AvgIpc) is 2.00. The van der Waals surface area contributed by atoms with Gasteiger partial charge in [-0.25, -0.2) is 4.99 Å². The number of ether oxygens (including phenoxy) is 1. The van der Waals surface area contributed by atoms with E-state index in [0.717, 1.165) is 12.8 Å². The molecule has 0 unspecified atom stereocenters. The lowest BCUT2D eigenvalue weighted by molar-refractivity contribution is 0.406. The second-order valence-corrected chi connectivity index (χ2v) is 3.10. The Kier molecular flexibility index (Phi) is 3.35. The van der Waals surface area contributed by atoms with E-state index in [4.69, 9.17) is 16.3 Å². The quantitative estimate of drug-likeness (QED) is 0.532. The van der Waals surface area contributed by atoms with Crippen molar-refractivity contribution in [3.05, 3.63) is 22.9 Å². The Balaban J connectivity index is 2.89. The van der Waals surface area contributed by atoms with E-state index in [1.54, 1.807) is 7.11 Å². The minimum atomic E-state index is 0.510. The first-order valence-electron chi connectivity index (χ1n) is 3.88. The van der Waals surface area contributed by atoms with Crippen LogP contribution >= 0.6 is 11.6 Å². The summed E-state index contributed by atoms with van der Waals surface area (Å²) in [7, 11) is 1.59. The fourth-order valence-electron chi connectivity index (χ4n) is 0.990. The maximum absolute atomic E-state index is 5.78. The molecule has 0 N–H and O–H groups in total. The van der Waals surface area contributed by atoms with Crippen molar-refractivity contribution in [3.63, 3.8) is 0 Å². The minimum absolute atomic E-state index is 0.510. The molecule has 0 aromatic rings. The van der Waals surface area contributed by atoms with Crippen molar-refractivity contribution in [2.75, 3.05) is 7.11 Å². The maximum Gasteiger partial charge on any atom is 0.214 e. The molecule has 66 valence electrons. The standard InChI is InChI=1S/C9H12ClNO/c1-7-4-3-5-8(10)11-9(6-7)12-2/h5-6H,3-4H2,1-2H3. The summed E-state index contributed by atoms with van der Waals surface area (Å²) in [5.74, 6) is 0.577. The van der Waals surface area contributed by atoms with Crippen LogP contribution in [0.15, 0.2) is 27.9 Å². The van der Waals surface area contributed by atoms with Gasteiger partial charge in [-0.1, -0.05) is 17.2 Å². The van der Waals surface area contributed by atoms with E-state index < -0.39 is 0 Å². The smallest absolute Gasteiger partial charge is 0.214 e. The van der Waals surface area contributed by atoms with Gasteiger partial charge in [0.05, 0.1) is 7.11 Å². The van der Waals surface area contributed by atoms with Crippen LogP contribution in [0.4, 0.5) is 0 Å². The molecule has 0 amide bonds. The highest BCUT2D eigenvalue weighted by Crippen LogP contribution is 2.14. The Morgan fingerprint density at radius 1 is 1.58 bits per heavy atom. The summed E-state index contributed by atoms with van der Waals surface area (Å²) < 4.78 is 5.02. The summed E-state index contributed by atoms with van der Waals surface area (Å²) in [5.41, 5.74) is 1.26. The van der Waals surface area contributed by atoms with Gasteiger partial charge in [-0.15, -0.1) is 0 Å². The van der Waals surface area contributed by atoms with Crippen molar-refractivity contribution >= 4 is 17.5 Å². The molecule has 0 bridgehead atoms. The van der Waals surface area contributed by atoms with Gasteiger partial charge in [0.2, 0.25) is 5.90 Å². The zero-order chi connectivity index (χ0) is 8.97. The van der Waals surface area contributed by atoms with Crippen LogP contribution in [0.5, 0.6) is 0 Å². The number of methoxy groups -OCH3 is 1. The summed E-state index contributed by atoms with van der Waals surface area (Å²) in [4.78, 5) is 4.05. The largest absolute Gasteiger partial charge is 0.481 e. The first-order chi connectivity index (χ1) is 5.72. The van der Waals surface area contributed by atoms with Gasteiger partial charge in [0.15, 0.2) is 0 Å². The molecule has 1 rings (SSSR count). The number of aliphatic imine (C=N–C) groups is 1. The van der Waals surface area contributed by atoms with Crippen LogP contribution in [0.1, 0.15) is 19.8 Å². The molecule has 0 spiro atoms. The highest BCUT2D eigenvalue weighted by Gasteiger charge is 2.00. The van der Waals surface area contributed by atoms with Gasteiger partial charge in [-0.3, -0.25) is 0 Å². The molecule has 0 aromatic carbocycles. The summed E-state index contributed by atoms with van der Waals surface area (Å²) in [6.07, 6.45) is 5.77. The SMILES string of the molecule is COC1=NC(Cl)=CCCC(C)=C1. The third-order valence-corrected chi connectivity index (χ3v) is 1.89. The van der Waals surface area contributed by atoms with Crippen molar-refractivity contribution in [2.24, 2.45) is 4.99 Å². The molecule has 0 saturated heterocycles. The average molecular weight is 186 g/mol. The Morgan fingerprint density at radius 2 is 2.33 bits per heavy atom. The maximum atomic E-state index is 5.78. The van der Waals surface area contributed by atoms with Gasteiger partial charge in [-0.05, 0) is 31.9 Å². The molecular weight excluding hydrogens is 174 g/mol. The van der Waals surface area contributed by atoms with Crippen molar-refractivity contribution in [2.45, 2.75) is 19.8 Å². The van der Waals surface area contributed by atoms with E-state index >= 15 is 0 Å².